The van der Waals surface area contributed by atoms with Crippen molar-refractivity contribution >= 4 is 103 Å². The van der Waals surface area contributed by atoms with Crippen molar-refractivity contribution in [1.82, 2.24) is 20.0 Å². The Morgan fingerprint density at radius 1 is 0.857 bits per heavy atom. The lowest BCUT2D eigenvalue weighted by Gasteiger charge is -2.49. The van der Waals surface area contributed by atoms with Crippen LogP contribution in [0.2, 0.25) is 0 Å². The van der Waals surface area contributed by atoms with Crippen molar-refractivity contribution in [3.8, 4) is 0 Å². The lowest BCUT2D eigenvalue weighted by Crippen LogP contribution is -2.63. The monoisotopic (exact) mass is 627 g/mol. The second kappa shape index (κ2) is 13.6. The zero-order chi connectivity index (χ0) is 26.4. The van der Waals surface area contributed by atoms with Crippen LogP contribution in [0.1, 0.15) is 11.6 Å². The van der Waals surface area contributed by atoms with Gasteiger partial charge in [0.25, 0.3) is 0 Å². The molecule has 0 aromatic heterocycles. The molecule has 0 radical (unpaired) electrons. The molecular formula is C20H24Cl7N5O3. The predicted molar refractivity (Wildman–Crippen MR) is 143 cm³/mol. The molecule has 0 aliphatic carbocycles. The number of rotatable bonds is 7. The summed E-state index contributed by atoms with van der Waals surface area (Å²) in [5.74, 6) is 0. The van der Waals surface area contributed by atoms with E-state index in [1.807, 2.05) is 0 Å². The van der Waals surface area contributed by atoms with E-state index in [-0.39, 0.29) is 32.7 Å². The van der Waals surface area contributed by atoms with Crippen LogP contribution in [-0.2, 0) is 14.4 Å². The Morgan fingerprint density at radius 3 is 1.97 bits per heavy atom. The molecule has 8 nitrogen and oxygen atoms in total. The second-order valence-electron chi connectivity index (χ2n) is 7.81. The molecule has 1 aromatic carbocycles. The van der Waals surface area contributed by atoms with Crippen LogP contribution in [0.3, 0.4) is 0 Å². The molecule has 2 rings (SSSR count). The van der Waals surface area contributed by atoms with Crippen LogP contribution in [-0.4, -0.2) is 91.7 Å². The van der Waals surface area contributed by atoms with Crippen molar-refractivity contribution in [3.05, 3.63) is 29.8 Å². The maximum absolute atomic E-state index is 12.7. The quantitative estimate of drug-likeness (QED) is 0.205. The first-order valence-electron chi connectivity index (χ1n) is 10.4. The van der Waals surface area contributed by atoms with E-state index >= 15 is 0 Å². The summed E-state index contributed by atoms with van der Waals surface area (Å²) in [5.41, 5.74) is 6.67. The number of nitrogen functional groups attached to an aromatic ring is 1. The number of hydrogen-bond acceptors (Lipinski definition) is 8. The Kier molecular flexibility index (Phi) is 12.1. The Hall–Kier alpha value is -0.100. The van der Waals surface area contributed by atoms with Crippen LogP contribution in [0.4, 0.5) is 5.69 Å². The average molecular weight is 631 g/mol. The molecule has 0 saturated carbocycles. The Balaban J connectivity index is 2.60. The van der Waals surface area contributed by atoms with E-state index in [0.29, 0.717) is 30.9 Å². The summed E-state index contributed by atoms with van der Waals surface area (Å²) < 4.78 is -4.36. The summed E-state index contributed by atoms with van der Waals surface area (Å²) in [4.78, 5) is 40.4. The third kappa shape index (κ3) is 8.45. The van der Waals surface area contributed by atoms with Crippen LogP contribution < -0.4 is 11.1 Å². The highest BCUT2D eigenvalue weighted by atomic mass is 35.5. The van der Waals surface area contributed by atoms with Crippen LogP contribution in [0.15, 0.2) is 24.3 Å². The highest BCUT2D eigenvalue weighted by Gasteiger charge is 2.58. The lowest BCUT2D eigenvalue weighted by atomic mass is 10.1. The van der Waals surface area contributed by atoms with Gasteiger partial charge in [-0.3, -0.25) is 29.1 Å². The SMILES string of the molecule is Nc1ccc(C(C(=O)Cl)N2CCN(CC(=O)Cl)CCNCCN(CC(=O)Cl)C(Cl)(Cl)C2(Cl)Cl)cc1. The fourth-order valence-corrected chi connectivity index (χ4v) is 5.31. The molecule has 196 valence electrons. The van der Waals surface area contributed by atoms with Crippen molar-refractivity contribution in [1.29, 1.82) is 0 Å². The fraction of sp³-hybridized carbons (Fsp3) is 0.550. The van der Waals surface area contributed by atoms with Gasteiger partial charge < -0.3 is 11.1 Å². The first kappa shape index (κ1) is 31.1. The molecule has 1 atom stereocenters. The molecule has 1 aromatic rings. The van der Waals surface area contributed by atoms with Gasteiger partial charge in [0.05, 0.1) is 13.1 Å². The zero-order valence-electron chi connectivity index (χ0n) is 18.3. The molecule has 1 heterocycles. The van der Waals surface area contributed by atoms with E-state index < -0.39 is 30.7 Å². The minimum atomic E-state index is -2.21. The minimum absolute atomic E-state index is 0.0193. The molecule has 1 unspecified atom stereocenters. The molecule has 0 spiro atoms. The summed E-state index contributed by atoms with van der Waals surface area (Å²) in [7, 11) is 0. The van der Waals surface area contributed by atoms with Gasteiger partial charge in [-0.15, -0.1) is 0 Å². The number of carbonyl (C=O) groups excluding carboxylic acids is 3. The number of hydrogen-bond donors (Lipinski definition) is 2. The summed E-state index contributed by atoms with van der Waals surface area (Å²) in [6.07, 6.45) is 0. The lowest BCUT2D eigenvalue weighted by molar-refractivity contribution is -0.119. The smallest absolute Gasteiger partial charge is 0.243 e. The topological polar surface area (TPSA) is 99.0 Å². The van der Waals surface area contributed by atoms with Gasteiger partial charge in [-0.1, -0.05) is 58.5 Å². The van der Waals surface area contributed by atoms with E-state index in [9.17, 15) is 14.4 Å². The van der Waals surface area contributed by atoms with Crippen molar-refractivity contribution in [2.75, 3.05) is 58.1 Å². The molecular weight excluding hydrogens is 606 g/mol. The van der Waals surface area contributed by atoms with Crippen molar-refractivity contribution in [2.45, 2.75) is 15.0 Å². The third-order valence-electron chi connectivity index (χ3n) is 5.38. The standard InChI is InChI=1S/C20H24Cl7N5O3/c21-15(33)11-30-7-5-29-6-8-31(12-16(22)34)19(24,25)20(26,27)32(10-9-30)17(18(23)35)13-1-3-14(28)4-2-13/h1-4,17,29H,5-12,28H2. The van der Waals surface area contributed by atoms with Crippen LogP contribution in [0.25, 0.3) is 0 Å². The summed E-state index contributed by atoms with van der Waals surface area (Å²) in [5, 5.41) is 1.04. The number of carbonyl (C=O) groups is 3. The molecule has 1 fully saturated rings. The van der Waals surface area contributed by atoms with Gasteiger partial charge in [0.1, 0.15) is 6.04 Å². The van der Waals surface area contributed by atoms with Crippen LogP contribution >= 0.6 is 81.2 Å². The molecule has 1 aliphatic rings. The molecule has 35 heavy (non-hydrogen) atoms. The minimum Gasteiger partial charge on any atom is -0.399 e. The van der Waals surface area contributed by atoms with Gasteiger partial charge in [0.15, 0.2) is 0 Å². The fourth-order valence-electron chi connectivity index (χ4n) is 3.65. The van der Waals surface area contributed by atoms with Gasteiger partial charge >= 0.3 is 0 Å². The van der Waals surface area contributed by atoms with Gasteiger partial charge in [-0.05, 0) is 52.5 Å². The number of halogens is 7. The molecule has 0 bridgehead atoms. The molecule has 15 heteroatoms. The van der Waals surface area contributed by atoms with E-state index in [2.05, 4.69) is 5.32 Å². The summed E-state index contributed by atoms with van der Waals surface area (Å²) >= 11 is 44.4. The maximum Gasteiger partial charge on any atom is 0.243 e. The number of nitrogens with one attached hydrogen (secondary N) is 1. The summed E-state index contributed by atoms with van der Waals surface area (Å²) in [6, 6.07) is 5.13. The average Bonchev–Trinajstić information content (AvgIpc) is 2.74. The molecule has 1 aliphatic heterocycles. The van der Waals surface area contributed by atoms with E-state index in [1.165, 1.54) is 9.80 Å². The van der Waals surface area contributed by atoms with Crippen molar-refractivity contribution < 1.29 is 14.4 Å². The maximum atomic E-state index is 12.7. The van der Waals surface area contributed by atoms with Gasteiger partial charge in [-0.25, -0.2) is 0 Å². The van der Waals surface area contributed by atoms with E-state index in [0.717, 1.165) is 0 Å². The number of alkyl halides is 4. The normalized spacial score (nSPS) is 21.5. The predicted octanol–water partition coefficient (Wildman–Crippen LogP) is 3.38. The molecule has 1 saturated heterocycles. The van der Waals surface area contributed by atoms with Gasteiger partial charge in [0.2, 0.25) is 24.6 Å². The Bertz CT molecular complexity index is 904. The highest BCUT2D eigenvalue weighted by molar-refractivity contribution is 6.66. The number of nitrogens with zero attached hydrogens (tertiary/aromatic N) is 3. The van der Waals surface area contributed by atoms with Crippen LogP contribution in [0.5, 0.6) is 0 Å². The summed E-state index contributed by atoms with van der Waals surface area (Å²) in [6.45, 7) is 1.10. The number of nitrogens with two attached hydrogens (primary N) is 1. The molecule has 3 N–H and O–H groups in total. The Labute approximate surface area is 238 Å². The van der Waals surface area contributed by atoms with Gasteiger partial charge in [-0.2, -0.15) is 0 Å². The molecule has 0 amide bonds. The van der Waals surface area contributed by atoms with Crippen molar-refractivity contribution in [2.24, 2.45) is 0 Å². The van der Waals surface area contributed by atoms with E-state index in [4.69, 9.17) is 86.9 Å². The van der Waals surface area contributed by atoms with Crippen molar-refractivity contribution in [3.63, 3.8) is 0 Å². The first-order chi connectivity index (χ1) is 16.3. The second-order valence-corrected chi connectivity index (χ2v) is 11.6. The zero-order valence-corrected chi connectivity index (χ0v) is 23.6. The van der Waals surface area contributed by atoms with Gasteiger partial charge in [0, 0.05) is 45.0 Å². The van der Waals surface area contributed by atoms with E-state index in [1.54, 1.807) is 29.2 Å². The third-order valence-corrected chi connectivity index (χ3v) is 8.22. The number of anilines is 1. The largest absolute Gasteiger partial charge is 0.399 e. The highest BCUT2D eigenvalue weighted by Crippen LogP contribution is 2.50. The number of benzene rings is 1. The van der Waals surface area contributed by atoms with Crippen LogP contribution in [0, 0.1) is 0 Å². The Morgan fingerprint density at radius 2 is 1.43 bits per heavy atom. The first-order valence-corrected chi connectivity index (χ1v) is 13.0.